The van der Waals surface area contributed by atoms with Gasteiger partial charge in [-0.25, -0.2) is 4.98 Å². The number of pyridine rings is 1. The van der Waals surface area contributed by atoms with Crippen molar-refractivity contribution < 1.29 is 9.47 Å². The maximum Gasteiger partial charge on any atom is 0.229 e. The predicted octanol–water partition coefficient (Wildman–Crippen LogP) is 6.91. The lowest BCUT2D eigenvalue weighted by Crippen LogP contribution is -2.27. The van der Waals surface area contributed by atoms with Crippen LogP contribution in [0.25, 0.3) is 22.0 Å². The third-order valence-electron chi connectivity index (χ3n) is 6.77. The second-order valence-corrected chi connectivity index (χ2v) is 9.18. The van der Waals surface area contributed by atoms with Crippen molar-refractivity contribution in [1.82, 2.24) is 19.9 Å². The molecule has 0 aliphatic heterocycles. The van der Waals surface area contributed by atoms with E-state index in [1.54, 1.807) is 13.3 Å². The summed E-state index contributed by atoms with van der Waals surface area (Å²) in [4.78, 5) is 16.4. The molecule has 0 atom stereocenters. The van der Waals surface area contributed by atoms with Crippen molar-refractivity contribution in [3.8, 4) is 22.6 Å². The molecule has 0 amide bonds. The van der Waals surface area contributed by atoms with Crippen LogP contribution in [0.1, 0.15) is 13.8 Å². The van der Waals surface area contributed by atoms with Gasteiger partial charge < -0.3 is 25.0 Å². The molecule has 0 spiro atoms. The molecule has 0 radical (unpaired) electrons. The van der Waals surface area contributed by atoms with Crippen LogP contribution >= 0.6 is 0 Å². The first-order valence-electron chi connectivity index (χ1n) is 13.5. The monoisotopic (exact) mass is 534 g/mol. The Bertz CT molecular complexity index is 1550. The summed E-state index contributed by atoms with van der Waals surface area (Å²) < 4.78 is 11.5. The highest BCUT2D eigenvalue weighted by Crippen LogP contribution is 2.36. The number of methoxy groups -OCH3 is 1. The Morgan fingerprint density at radius 1 is 0.800 bits per heavy atom. The summed E-state index contributed by atoms with van der Waals surface area (Å²) in [6.07, 6.45) is 3.63. The van der Waals surface area contributed by atoms with Crippen LogP contribution < -0.4 is 20.1 Å². The topological polar surface area (TPSA) is 84.4 Å². The number of hydrogen-bond donors (Lipinski definition) is 2. The van der Waals surface area contributed by atoms with Crippen molar-refractivity contribution in [2.45, 2.75) is 13.8 Å². The summed E-state index contributed by atoms with van der Waals surface area (Å²) >= 11 is 0. The standard InChI is InChI=1S/C32H34N6O2/c1-4-38(5-2)20-21-40-24-17-15-23(16-18-24)35-32-34-22-27(25-10-8-13-28-26(25)11-9-19-33-28)31(37-32)36-29-12-6-7-14-30(29)39-3/h6-19,22H,4-5,20-21H2,1-3H3,(H2,34,35,36,37). The number of fused-ring (bicyclic) bond motifs is 1. The second-order valence-electron chi connectivity index (χ2n) is 9.18. The van der Waals surface area contributed by atoms with Crippen molar-refractivity contribution in [2.24, 2.45) is 0 Å². The normalized spacial score (nSPS) is 11.0. The number of likely N-dealkylation sites (N-methyl/N-ethyl adjacent to an activating group) is 1. The molecule has 0 bridgehead atoms. The molecule has 0 saturated carbocycles. The maximum atomic E-state index is 5.92. The second kappa shape index (κ2) is 12.9. The predicted molar refractivity (Wildman–Crippen MR) is 162 cm³/mol. The third kappa shape index (κ3) is 6.30. The van der Waals surface area contributed by atoms with Crippen molar-refractivity contribution in [3.63, 3.8) is 0 Å². The van der Waals surface area contributed by atoms with Gasteiger partial charge in [0, 0.05) is 35.6 Å². The first-order valence-corrected chi connectivity index (χ1v) is 13.5. The van der Waals surface area contributed by atoms with Crippen LogP contribution in [0.2, 0.25) is 0 Å². The van der Waals surface area contributed by atoms with Crippen LogP contribution in [-0.4, -0.2) is 53.2 Å². The smallest absolute Gasteiger partial charge is 0.229 e. The van der Waals surface area contributed by atoms with Gasteiger partial charge in [-0.05, 0) is 67.2 Å². The van der Waals surface area contributed by atoms with E-state index in [1.165, 1.54) is 0 Å². The molecule has 5 rings (SSSR count). The molecule has 2 N–H and O–H groups in total. The summed E-state index contributed by atoms with van der Waals surface area (Å²) in [7, 11) is 1.65. The number of ether oxygens (including phenoxy) is 2. The number of nitrogens with one attached hydrogen (secondary N) is 2. The van der Waals surface area contributed by atoms with Gasteiger partial charge in [0.1, 0.15) is 23.9 Å². The van der Waals surface area contributed by atoms with Crippen LogP contribution in [0, 0.1) is 0 Å². The van der Waals surface area contributed by atoms with E-state index in [2.05, 4.69) is 51.5 Å². The Labute approximate surface area is 235 Å². The molecular formula is C32H34N6O2. The van der Waals surface area contributed by atoms with Gasteiger partial charge in [0.05, 0.1) is 18.3 Å². The van der Waals surface area contributed by atoms with Gasteiger partial charge >= 0.3 is 0 Å². The summed E-state index contributed by atoms with van der Waals surface area (Å²) in [6, 6.07) is 25.7. The summed E-state index contributed by atoms with van der Waals surface area (Å²) in [5.74, 6) is 2.67. The Hall–Kier alpha value is -4.69. The van der Waals surface area contributed by atoms with E-state index in [-0.39, 0.29) is 0 Å². The molecule has 2 aromatic heterocycles. The van der Waals surface area contributed by atoms with Crippen molar-refractivity contribution in [3.05, 3.63) is 91.3 Å². The van der Waals surface area contributed by atoms with E-state index in [0.717, 1.165) is 64.5 Å². The molecule has 0 aliphatic carbocycles. The minimum absolute atomic E-state index is 0.467. The molecule has 40 heavy (non-hydrogen) atoms. The Balaban J connectivity index is 1.42. The maximum absolute atomic E-state index is 5.92. The molecule has 0 saturated heterocycles. The van der Waals surface area contributed by atoms with Gasteiger partial charge in [0.15, 0.2) is 0 Å². The van der Waals surface area contributed by atoms with E-state index in [4.69, 9.17) is 14.5 Å². The SMILES string of the molecule is CCN(CC)CCOc1ccc(Nc2ncc(-c3cccc4ncccc34)c(Nc3ccccc3OC)n2)cc1. The largest absolute Gasteiger partial charge is 0.495 e. The molecule has 204 valence electrons. The van der Waals surface area contributed by atoms with Gasteiger partial charge in [0.2, 0.25) is 5.95 Å². The summed E-state index contributed by atoms with van der Waals surface area (Å²) in [5, 5.41) is 7.82. The fraction of sp³-hybridized carbons (Fsp3) is 0.219. The third-order valence-corrected chi connectivity index (χ3v) is 6.77. The highest BCUT2D eigenvalue weighted by molar-refractivity contribution is 5.97. The fourth-order valence-electron chi connectivity index (χ4n) is 4.54. The number of aromatic nitrogens is 3. The minimum Gasteiger partial charge on any atom is -0.495 e. The number of benzene rings is 3. The fourth-order valence-corrected chi connectivity index (χ4v) is 4.54. The quantitative estimate of drug-likeness (QED) is 0.179. The molecular weight excluding hydrogens is 500 g/mol. The lowest BCUT2D eigenvalue weighted by Gasteiger charge is -2.18. The van der Waals surface area contributed by atoms with E-state index in [1.807, 2.05) is 72.9 Å². The Kier molecular flexibility index (Phi) is 8.68. The van der Waals surface area contributed by atoms with Crippen LogP contribution in [0.4, 0.5) is 23.1 Å². The van der Waals surface area contributed by atoms with Crippen LogP contribution in [0.5, 0.6) is 11.5 Å². The molecule has 3 aromatic carbocycles. The van der Waals surface area contributed by atoms with Crippen LogP contribution in [0.3, 0.4) is 0 Å². The van der Waals surface area contributed by atoms with Crippen LogP contribution in [-0.2, 0) is 0 Å². The lowest BCUT2D eigenvalue weighted by molar-refractivity contribution is 0.223. The average Bonchev–Trinajstić information content (AvgIpc) is 3.00. The molecule has 5 aromatic rings. The Morgan fingerprint density at radius 3 is 2.42 bits per heavy atom. The first kappa shape index (κ1) is 26.9. The zero-order chi connectivity index (χ0) is 27.7. The molecule has 2 heterocycles. The van der Waals surface area contributed by atoms with Crippen molar-refractivity contribution in [1.29, 1.82) is 0 Å². The van der Waals surface area contributed by atoms with Gasteiger partial charge in [-0.3, -0.25) is 4.98 Å². The van der Waals surface area contributed by atoms with E-state index in [0.29, 0.717) is 18.4 Å². The van der Waals surface area contributed by atoms with E-state index < -0.39 is 0 Å². The summed E-state index contributed by atoms with van der Waals surface area (Å²) in [6.45, 7) is 7.92. The number of rotatable bonds is 12. The van der Waals surface area contributed by atoms with Gasteiger partial charge in [-0.15, -0.1) is 0 Å². The number of hydrogen-bond acceptors (Lipinski definition) is 8. The Morgan fingerprint density at radius 2 is 1.62 bits per heavy atom. The van der Waals surface area contributed by atoms with Crippen LogP contribution in [0.15, 0.2) is 91.3 Å². The van der Waals surface area contributed by atoms with Crippen molar-refractivity contribution >= 4 is 34.0 Å². The van der Waals surface area contributed by atoms with E-state index >= 15 is 0 Å². The van der Waals surface area contributed by atoms with E-state index in [9.17, 15) is 0 Å². The lowest BCUT2D eigenvalue weighted by atomic mass is 10.0. The van der Waals surface area contributed by atoms with Gasteiger partial charge in [-0.2, -0.15) is 4.98 Å². The molecule has 8 heteroatoms. The number of anilines is 4. The molecule has 0 unspecified atom stereocenters. The number of para-hydroxylation sites is 2. The molecule has 8 nitrogen and oxygen atoms in total. The van der Waals surface area contributed by atoms with Gasteiger partial charge in [0.25, 0.3) is 0 Å². The zero-order valence-corrected chi connectivity index (χ0v) is 23.1. The van der Waals surface area contributed by atoms with Gasteiger partial charge in [-0.1, -0.05) is 44.2 Å². The number of nitrogens with zero attached hydrogens (tertiary/aromatic N) is 4. The summed E-state index contributed by atoms with van der Waals surface area (Å²) in [5.41, 5.74) is 4.42. The highest BCUT2D eigenvalue weighted by atomic mass is 16.5. The van der Waals surface area contributed by atoms with Crippen molar-refractivity contribution in [2.75, 3.05) is 44.0 Å². The minimum atomic E-state index is 0.467. The molecule has 0 aliphatic rings. The molecule has 0 fully saturated rings. The average molecular weight is 535 g/mol. The first-order chi connectivity index (χ1) is 19.7. The highest BCUT2D eigenvalue weighted by Gasteiger charge is 2.15. The zero-order valence-electron chi connectivity index (χ0n) is 23.1.